The van der Waals surface area contributed by atoms with E-state index in [-0.39, 0.29) is 24.8 Å². The van der Waals surface area contributed by atoms with Gasteiger partial charge in [0.2, 0.25) is 0 Å². The first-order valence-electron chi connectivity index (χ1n) is 11.5. The minimum atomic E-state index is -1.73. The second kappa shape index (κ2) is 11.1. The second-order valence-electron chi connectivity index (χ2n) is 8.81. The van der Waals surface area contributed by atoms with E-state index in [1.165, 1.54) is 0 Å². The summed E-state index contributed by atoms with van der Waals surface area (Å²) in [7, 11) is 0. The Hall–Kier alpha value is -2.71. The molecule has 1 aliphatic rings. The molecule has 1 unspecified atom stereocenters. The Morgan fingerprint density at radius 2 is 1.53 bits per heavy atom. The van der Waals surface area contributed by atoms with Gasteiger partial charge in [-0.15, -0.1) is 0 Å². The molecule has 0 spiro atoms. The highest BCUT2D eigenvalue weighted by Gasteiger charge is 2.48. The van der Waals surface area contributed by atoms with E-state index in [2.05, 4.69) is 10.2 Å². The standard InChI is InChI=1S/C27H26Cl2F2N2O3/c1-2-36-26(34)32-16-27(35,19-11-23(30)13-24(31)12-19)20-14-33(15-20)25(17-3-7-21(28)8-4-17)18-5-9-22(29)10-6-18/h3-13,20,25,35H,2,14-16H2,1H3,(H,32,34). The normalized spacial score (nSPS) is 15.9. The predicted molar refractivity (Wildman–Crippen MR) is 135 cm³/mol. The van der Waals surface area contributed by atoms with E-state index in [1.54, 1.807) is 6.92 Å². The summed E-state index contributed by atoms with van der Waals surface area (Å²) in [5, 5.41) is 15.5. The number of rotatable bonds is 8. The van der Waals surface area contributed by atoms with E-state index in [9.17, 15) is 18.7 Å². The monoisotopic (exact) mass is 534 g/mol. The van der Waals surface area contributed by atoms with Gasteiger partial charge in [0, 0.05) is 35.1 Å². The largest absolute Gasteiger partial charge is 0.450 e. The first kappa shape index (κ1) is 26.4. The molecule has 190 valence electrons. The number of likely N-dealkylation sites (tertiary alicyclic amines) is 1. The fourth-order valence-corrected chi connectivity index (χ4v) is 4.86. The average Bonchev–Trinajstić information content (AvgIpc) is 2.81. The SMILES string of the molecule is CCOC(=O)NCC(O)(c1cc(F)cc(F)c1)C1CN(C(c2ccc(Cl)cc2)c2ccc(Cl)cc2)C1. The Balaban J connectivity index is 1.62. The van der Waals surface area contributed by atoms with E-state index in [4.69, 9.17) is 27.9 Å². The Morgan fingerprint density at radius 1 is 1.03 bits per heavy atom. The molecule has 2 N–H and O–H groups in total. The molecule has 1 amide bonds. The molecule has 1 saturated heterocycles. The highest BCUT2D eigenvalue weighted by Crippen LogP contribution is 2.42. The smallest absolute Gasteiger partial charge is 0.407 e. The van der Waals surface area contributed by atoms with Crippen LogP contribution < -0.4 is 5.32 Å². The van der Waals surface area contributed by atoms with Crippen LogP contribution in [-0.2, 0) is 10.3 Å². The Labute approximate surface area is 218 Å². The van der Waals surface area contributed by atoms with Gasteiger partial charge in [-0.1, -0.05) is 47.5 Å². The summed E-state index contributed by atoms with van der Waals surface area (Å²) in [6.07, 6.45) is -0.718. The number of nitrogens with zero attached hydrogens (tertiary/aromatic N) is 1. The lowest BCUT2D eigenvalue weighted by atomic mass is 9.75. The van der Waals surface area contributed by atoms with Gasteiger partial charge in [-0.2, -0.15) is 0 Å². The van der Waals surface area contributed by atoms with Crippen molar-refractivity contribution in [2.75, 3.05) is 26.2 Å². The molecule has 1 atom stereocenters. The molecule has 1 fully saturated rings. The summed E-state index contributed by atoms with van der Waals surface area (Å²) < 4.78 is 33.1. The van der Waals surface area contributed by atoms with Crippen molar-refractivity contribution in [1.82, 2.24) is 10.2 Å². The van der Waals surface area contributed by atoms with Crippen LogP contribution in [0.5, 0.6) is 0 Å². The molecule has 5 nitrogen and oxygen atoms in total. The molecule has 4 rings (SSSR count). The number of nitrogens with one attached hydrogen (secondary N) is 1. The van der Waals surface area contributed by atoms with E-state index >= 15 is 0 Å². The first-order chi connectivity index (χ1) is 17.2. The van der Waals surface area contributed by atoms with E-state index in [1.807, 2.05) is 48.5 Å². The molecule has 1 aliphatic heterocycles. The van der Waals surface area contributed by atoms with Crippen LogP contribution in [0.15, 0.2) is 66.7 Å². The molecule has 36 heavy (non-hydrogen) atoms. The molecule has 9 heteroatoms. The average molecular weight is 535 g/mol. The molecule has 0 aromatic heterocycles. The van der Waals surface area contributed by atoms with Crippen LogP contribution in [0.2, 0.25) is 10.0 Å². The predicted octanol–water partition coefficient (Wildman–Crippen LogP) is 5.93. The van der Waals surface area contributed by atoms with Gasteiger partial charge in [0.1, 0.15) is 17.2 Å². The molecular weight excluding hydrogens is 509 g/mol. The van der Waals surface area contributed by atoms with Gasteiger partial charge >= 0.3 is 6.09 Å². The second-order valence-corrected chi connectivity index (χ2v) is 9.69. The molecule has 0 saturated carbocycles. The van der Waals surface area contributed by atoms with Crippen LogP contribution in [0.4, 0.5) is 13.6 Å². The third-order valence-corrected chi connectivity index (χ3v) is 6.97. The van der Waals surface area contributed by atoms with E-state index in [0.29, 0.717) is 23.1 Å². The molecule has 0 radical (unpaired) electrons. The third kappa shape index (κ3) is 5.81. The van der Waals surface area contributed by atoms with Gasteiger partial charge < -0.3 is 15.2 Å². The lowest BCUT2D eigenvalue weighted by molar-refractivity contribution is -0.0984. The molecular formula is C27H26Cl2F2N2O3. The van der Waals surface area contributed by atoms with Crippen molar-refractivity contribution in [3.8, 4) is 0 Å². The molecule has 1 heterocycles. The summed E-state index contributed by atoms with van der Waals surface area (Å²) >= 11 is 12.2. The zero-order chi connectivity index (χ0) is 25.9. The fraction of sp³-hybridized carbons (Fsp3) is 0.296. The van der Waals surface area contributed by atoms with Crippen molar-refractivity contribution in [2.45, 2.75) is 18.6 Å². The number of carbonyl (C=O) groups excluding carboxylic acids is 1. The summed E-state index contributed by atoms with van der Waals surface area (Å²) in [6.45, 7) is 2.34. The number of halogens is 4. The highest BCUT2D eigenvalue weighted by atomic mass is 35.5. The number of ether oxygens (including phenoxy) is 1. The van der Waals surface area contributed by atoms with Gasteiger partial charge in [0.05, 0.1) is 19.2 Å². The fourth-order valence-electron chi connectivity index (χ4n) is 4.60. The summed E-state index contributed by atoms with van der Waals surface area (Å²) in [6, 6.07) is 17.8. The van der Waals surface area contributed by atoms with Crippen LogP contribution in [0, 0.1) is 17.6 Å². The van der Waals surface area contributed by atoms with Crippen LogP contribution >= 0.6 is 23.2 Å². The minimum absolute atomic E-state index is 0.0518. The number of carbonyl (C=O) groups is 1. The van der Waals surface area contributed by atoms with Crippen LogP contribution in [0.3, 0.4) is 0 Å². The summed E-state index contributed by atoms with van der Waals surface area (Å²) in [5.41, 5.74) is 0.308. The molecule has 0 aliphatic carbocycles. The molecule has 3 aromatic rings. The Kier molecular flexibility index (Phi) is 8.15. The van der Waals surface area contributed by atoms with E-state index < -0.39 is 29.2 Å². The maximum absolute atomic E-state index is 14.1. The van der Waals surface area contributed by atoms with Crippen LogP contribution in [0.25, 0.3) is 0 Å². The summed E-state index contributed by atoms with van der Waals surface area (Å²) in [5.74, 6) is -2.05. The summed E-state index contributed by atoms with van der Waals surface area (Å²) in [4.78, 5) is 14.1. The lowest BCUT2D eigenvalue weighted by Gasteiger charge is -2.51. The van der Waals surface area contributed by atoms with Gasteiger partial charge in [-0.3, -0.25) is 4.90 Å². The van der Waals surface area contributed by atoms with Gasteiger partial charge in [-0.05, 0) is 60.0 Å². The maximum atomic E-state index is 14.1. The minimum Gasteiger partial charge on any atom is -0.450 e. The van der Waals surface area contributed by atoms with Gasteiger partial charge in [0.25, 0.3) is 0 Å². The van der Waals surface area contributed by atoms with E-state index in [0.717, 1.165) is 29.3 Å². The lowest BCUT2D eigenvalue weighted by Crippen LogP contribution is -2.60. The van der Waals surface area contributed by atoms with Crippen LogP contribution in [-0.4, -0.2) is 42.3 Å². The first-order valence-corrected chi connectivity index (χ1v) is 12.3. The van der Waals surface area contributed by atoms with Crippen molar-refractivity contribution >= 4 is 29.3 Å². The number of amides is 1. The number of hydrogen-bond donors (Lipinski definition) is 2. The third-order valence-electron chi connectivity index (χ3n) is 6.46. The zero-order valence-electron chi connectivity index (χ0n) is 19.6. The van der Waals surface area contributed by atoms with Crippen molar-refractivity contribution in [3.05, 3.63) is 105 Å². The van der Waals surface area contributed by atoms with Crippen molar-refractivity contribution in [1.29, 1.82) is 0 Å². The topological polar surface area (TPSA) is 61.8 Å². The molecule has 3 aromatic carbocycles. The quantitative estimate of drug-likeness (QED) is 0.376. The zero-order valence-corrected chi connectivity index (χ0v) is 21.1. The number of hydrogen-bond acceptors (Lipinski definition) is 4. The number of aliphatic hydroxyl groups is 1. The van der Waals surface area contributed by atoms with Crippen molar-refractivity contribution in [3.63, 3.8) is 0 Å². The van der Waals surface area contributed by atoms with Crippen molar-refractivity contribution in [2.24, 2.45) is 5.92 Å². The highest BCUT2D eigenvalue weighted by molar-refractivity contribution is 6.30. The number of alkyl carbamates (subject to hydrolysis) is 1. The van der Waals surface area contributed by atoms with Gasteiger partial charge in [-0.25, -0.2) is 13.6 Å². The Morgan fingerprint density at radius 3 is 2.00 bits per heavy atom. The van der Waals surface area contributed by atoms with Crippen LogP contribution in [0.1, 0.15) is 29.7 Å². The Bertz CT molecular complexity index is 1140. The van der Waals surface area contributed by atoms with Gasteiger partial charge in [0.15, 0.2) is 0 Å². The van der Waals surface area contributed by atoms with Crippen molar-refractivity contribution < 1.29 is 23.4 Å². The number of benzene rings is 3. The maximum Gasteiger partial charge on any atom is 0.407 e. The molecule has 0 bridgehead atoms.